The van der Waals surface area contributed by atoms with E-state index in [0.29, 0.717) is 5.69 Å². The van der Waals surface area contributed by atoms with Gasteiger partial charge in [0.15, 0.2) is 0 Å². The van der Waals surface area contributed by atoms with E-state index >= 15 is 0 Å². The van der Waals surface area contributed by atoms with Crippen LogP contribution in [0.3, 0.4) is 0 Å². The Bertz CT molecular complexity index is 1310. The third-order valence-electron chi connectivity index (χ3n) is 5.16. The second-order valence-electron chi connectivity index (χ2n) is 7.61. The zero-order valence-electron chi connectivity index (χ0n) is 18.6. The van der Waals surface area contributed by atoms with Gasteiger partial charge in [-0.15, -0.1) is 0 Å². The molecule has 0 spiro atoms. The molecule has 1 amide bonds. The average Bonchev–Trinajstić information content (AvgIpc) is 2.76. The number of ether oxygens (including phenoxy) is 1. The lowest BCUT2D eigenvalue weighted by Gasteiger charge is -2.25. The number of anilines is 2. The summed E-state index contributed by atoms with van der Waals surface area (Å²) in [6, 6.07) is 14.7. The molecule has 33 heavy (non-hydrogen) atoms. The molecule has 0 aromatic heterocycles. The monoisotopic (exact) mass is 506 g/mol. The lowest BCUT2D eigenvalue weighted by atomic mass is 10.1. The first-order valence-corrected chi connectivity index (χ1v) is 12.2. The average molecular weight is 507 g/mol. The minimum absolute atomic E-state index is 0.0601. The minimum Gasteiger partial charge on any atom is -0.495 e. The molecule has 0 saturated heterocycles. The number of aryl methyl sites for hydroxylation is 3. The van der Waals surface area contributed by atoms with Gasteiger partial charge in [-0.3, -0.25) is 9.10 Å². The predicted molar refractivity (Wildman–Crippen MR) is 133 cm³/mol. The summed E-state index contributed by atoms with van der Waals surface area (Å²) in [5.74, 6) is -0.347. The van der Waals surface area contributed by atoms with Crippen molar-refractivity contribution in [3.8, 4) is 5.75 Å². The van der Waals surface area contributed by atoms with Gasteiger partial charge >= 0.3 is 0 Å². The minimum atomic E-state index is -4.21. The van der Waals surface area contributed by atoms with Crippen LogP contribution in [0.1, 0.15) is 16.7 Å². The van der Waals surface area contributed by atoms with Crippen LogP contribution in [0.25, 0.3) is 0 Å². The van der Waals surface area contributed by atoms with Crippen LogP contribution in [0.4, 0.5) is 11.4 Å². The number of nitrogens with one attached hydrogen (secondary N) is 1. The Labute approximate surface area is 204 Å². The van der Waals surface area contributed by atoms with Crippen molar-refractivity contribution < 1.29 is 17.9 Å². The van der Waals surface area contributed by atoms with Crippen LogP contribution in [-0.4, -0.2) is 28.0 Å². The van der Waals surface area contributed by atoms with Gasteiger partial charge in [0.1, 0.15) is 17.2 Å². The van der Waals surface area contributed by atoms with E-state index in [0.717, 1.165) is 21.0 Å². The Balaban J connectivity index is 2.04. The topological polar surface area (TPSA) is 75.7 Å². The lowest BCUT2D eigenvalue weighted by Crippen LogP contribution is -2.38. The van der Waals surface area contributed by atoms with Crippen molar-refractivity contribution in [2.24, 2.45) is 0 Å². The number of amides is 1. The van der Waals surface area contributed by atoms with Crippen molar-refractivity contribution in [3.63, 3.8) is 0 Å². The number of carbonyl (C=O) groups excluding carboxylic acids is 1. The molecule has 0 saturated carbocycles. The van der Waals surface area contributed by atoms with Crippen LogP contribution in [0.2, 0.25) is 10.0 Å². The first kappa shape index (κ1) is 24.9. The molecule has 0 heterocycles. The fourth-order valence-corrected chi connectivity index (χ4v) is 5.16. The summed E-state index contributed by atoms with van der Waals surface area (Å²) in [6.45, 7) is 5.19. The van der Waals surface area contributed by atoms with Gasteiger partial charge in [-0.25, -0.2) is 8.42 Å². The normalized spacial score (nSPS) is 11.2. The second-order valence-corrected chi connectivity index (χ2v) is 10.3. The van der Waals surface area contributed by atoms with Crippen molar-refractivity contribution in [3.05, 3.63) is 81.3 Å². The van der Waals surface area contributed by atoms with E-state index in [1.165, 1.54) is 31.4 Å². The Morgan fingerprint density at radius 2 is 1.67 bits per heavy atom. The molecule has 3 aromatic rings. The molecular weight excluding hydrogens is 483 g/mol. The molecular formula is C24H24Cl2N2O4S. The molecule has 0 aliphatic rings. The number of hydrogen-bond acceptors (Lipinski definition) is 4. The highest BCUT2D eigenvalue weighted by Gasteiger charge is 2.30. The molecule has 0 bridgehead atoms. The van der Waals surface area contributed by atoms with Crippen LogP contribution < -0.4 is 14.4 Å². The molecule has 1 N–H and O–H groups in total. The summed E-state index contributed by atoms with van der Waals surface area (Å²) in [7, 11) is -2.82. The predicted octanol–water partition coefficient (Wildman–Crippen LogP) is 5.76. The van der Waals surface area contributed by atoms with E-state index in [1.54, 1.807) is 25.1 Å². The summed E-state index contributed by atoms with van der Waals surface area (Å²) in [6.07, 6.45) is 0. The molecule has 0 fully saturated rings. The van der Waals surface area contributed by atoms with Gasteiger partial charge in [-0.1, -0.05) is 35.3 Å². The van der Waals surface area contributed by atoms with Gasteiger partial charge in [0.2, 0.25) is 5.91 Å². The SMILES string of the molecule is COc1ccc(C)cc1S(=O)(=O)N(CC(=O)Nc1ccc(C)c(C)c1)c1ccc(Cl)c(Cl)c1. The molecule has 6 nitrogen and oxygen atoms in total. The fourth-order valence-electron chi connectivity index (χ4n) is 3.21. The van der Waals surface area contributed by atoms with E-state index in [1.807, 2.05) is 26.0 Å². The molecule has 3 rings (SSSR count). The van der Waals surface area contributed by atoms with Crippen LogP contribution in [0.15, 0.2) is 59.5 Å². The Kier molecular flexibility index (Phi) is 7.57. The third-order valence-corrected chi connectivity index (χ3v) is 7.69. The van der Waals surface area contributed by atoms with Crippen molar-refractivity contribution in [1.29, 1.82) is 0 Å². The smallest absolute Gasteiger partial charge is 0.268 e. The van der Waals surface area contributed by atoms with E-state index in [-0.39, 0.29) is 26.4 Å². The van der Waals surface area contributed by atoms with Crippen molar-refractivity contribution in [2.75, 3.05) is 23.3 Å². The van der Waals surface area contributed by atoms with Gasteiger partial charge < -0.3 is 10.1 Å². The summed E-state index contributed by atoms with van der Waals surface area (Å²) < 4.78 is 33.8. The lowest BCUT2D eigenvalue weighted by molar-refractivity contribution is -0.114. The molecule has 0 radical (unpaired) electrons. The highest BCUT2D eigenvalue weighted by Crippen LogP contribution is 2.33. The van der Waals surface area contributed by atoms with Crippen molar-refractivity contribution >= 4 is 50.5 Å². The highest BCUT2D eigenvalue weighted by molar-refractivity contribution is 7.93. The maximum atomic E-state index is 13.7. The molecule has 9 heteroatoms. The molecule has 0 aliphatic heterocycles. The number of carbonyl (C=O) groups is 1. The van der Waals surface area contributed by atoms with Gasteiger partial charge in [0.05, 0.1) is 22.8 Å². The largest absolute Gasteiger partial charge is 0.495 e. The van der Waals surface area contributed by atoms with Gasteiger partial charge in [0, 0.05) is 5.69 Å². The van der Waals surface area contributed by atoms with E-state index < -0.39 is 22.5 Å². The van der Waals surface area contributed by atoms with Crippen LogP contribution in [0.5, 0.6) is 5.75 Å². The van der Waals surface area contributed by atoms with E-state index in [9.17, 15) is 13.2 Å². The first-order chi connectivity index (χ1) is 15.5. The van der Waals surface area contributed by atoms with Crippen LogP contribution in [0, 0.1) is 20.8 Å². The standard InChI is InChI=1S/C24H24Cl2N2O4S/c1-15-5-10-22(32-4)23(11-15)33(30,31)28(19-8-9-20(25)21(26)13-19)14-24(29)27-18-7-6-16(2)17(3)12-18/h5-13H,14H2,1-4H3,(H,27,29). The molecule has 0 aliphatic carbocycles. The molecule has 174 valence electrons. The number of benzene rings is 3. The Hall–Kier alpha value is -2.74. The number of sulfonamides is 1. The zero-order valence-corrected chi connectivity index (χ0v) is 21.0. The van der Waals surface area contributed by atoms with Gasteiger partial charge in [0.25, 0.3) is 10.0 Å². The maximum Gasteiger partial charge on any atom is 0.268 e. The Morgan fingerprint density at radius 3 is 2.30 bits per heavy atom. The van der Waals surface area contributed by atoms with Crippen LogP contribution >= 0.6 is 23.2 Å². The maximum absolute atomic E-state index is 13.7. The van der Waals surface area contributed by atoms with Crippen molar-refractivity contribution in [2.45, 2.75) is 25.7 Å². The first-order valence-electron chi connectivity index (χ1n) is 10.0. The molecule has 3 aromatic carbocycles. The summed E-state index contributed by atoms with van der Waals surface area (Å²) in [5.41, 5.74) is 3.58. The summed E-state index contributed by atoms with van der Waals surface area (Å²) >= 11 is 12.2. The number of rotatable bonds is 7. The molecule has 0 atom stereocenters. The summed E-state index contributed by atoms with van der Waals surface area (Å²) in [5, 5.41) is 3.20. The second kappa shape index (κ2) is 10.0. The Morgan fingerprint density at radius 1 is 0.939 bits per heavy atom. The van der Waals surface area contributed by atoms with E-state index in [4.69, 9.17) is 27.9 Å². The van der Waals surface area contributed by atoms with Crippen molar-refractivity contribution in [1.82, 2.24) is 0 Å². The van der Waals surface area contributed by atoms with Gasteiger partial charge in [-0.2, -0.15) is 0 Å². The number of methoxy groups -OCH3 is 1. The highest BCUT2D eigenvalue weighted by atomic mass is 35.5. The fraction of sp³-hybridized carbons (Fsp3) is 0.208. The number of hydrogen-bond donors (Lipinski definition) is 1. The number of nitrogens with zero attached hydrogens (tertiary/aromatic N) is 1. The van der Waals surface area contributed by atoms with Crippen LogP contribution in [-0.2, 0) is 14.8 Å². The zero-order chi connectivity index (χ0) is 24.3. The van der Waals surface area contributed by atoms with Gasteiger partial charge in [-0.05, 0) is 79.9 Å². The molecule has 0 unspecified atom stereocenters. The third kappa shape index (κ3) is 5.61. The summed E-state index contributed by atoms with van der Waals surface area (Å²) in [4.78, 5) is 12.9. The quantitative estimate of drug-likeness (QED) is 0.441. The number of halogens is 2. The van der Waals surface area contributed by atoms with E-state index in [2.05, 4.69) is 5.32 Å².